The number of ether oxygens (including phenoxy) is 1. The van der Waals surface area contributed by atoms with Crippen LogP contribution in [0.4, 0.5) is 4.39 Å². The van der Waals surface area contributed by atoms with Gasteiger partial charge < -0.3 is 10.5 Å². The molecule has 2 aromatic rings. The standard InChI is InChI=1S/C14H10BrClFNOS/c15-10-3-4-12(17)13(6-10)19-7-9-2-1-8(14(18)20)5-11(9)16/h1-6H,7H2,(H2,18,20). The van der Waals surface area contributed by atoms with E-state index in [0.29, 0.717) is 10.6 Å². The molecule has 0 aromatic heterocycles. The second-order valence-corrected chi connectivity index (χ2v) is 5.80. The van der Waals surface area contributed by atoms with E-state index < -0.39 is 5.82 Å². The lowest BCUT2D eigenvalue weighted by Crippen LogP contribution is -2.09. The normalized spacial score (nSPS) is 10.3. The van der Waals surface area contributed by atoms with Gasteiger partial charge in [0.2, 0.25) is 0 Å². The van der Waals surface area contributed by atoms with Gasteiger partial charge in [0.1, 0.15) is 11.6 Å². The van der Waals surface area contributed by atoms with E-state index in [-0.39, 0.29) is 17.3 Å². The Labute approximate surface area is 134 Å². The Morgan fingerprint density at radius 2 is 2.05 bits per heavy atom. The second kappa shape index (κ2) is 6.52. The molecule has 0 aliphatic rings. The van der Waals surface area contributed by atoms with Crippen LogP contribution in [0.25, 0.3) is 0 Å². The minimum Gasteiger partial charge on any atom is -0.486 e. The minimum atomic E-state index is -0.427. The van der Waals surface area contributed by atoms with E-state index in [1.54, 1.807) is 30.3 Å². The Bertz CT molecular complexity index is 666. The molecule has 0 saturated carbocycles. The molecular formula is C14H10BrClFNOS. The van der Waals surface area contributed by atoms with Crippen LogP contribution in [-0.4, -0.2) is 4.99 Å². The monoisotopic (exact) mass is 373 g/mol. The van der Waals surface area contributed by atoms with Gasteiger partial charge in [0.15, 0.2) is 11.6 Å². The molecule has 0 fully saturated rings. The van der Waals surface area contributed by atoms with Crippen LogP contribution in [0.15, 0.2) is 40.9 Å². The van der Waals surface area contributed by atoms with E-state index in [4.69, 9.17) is 34.3 Å². The first kappa shape index (κ1) is 15.2. The maximum atomic E-state index is 13.5. The highest BCUT2D eigenvalue weighted by atomic mass is 79.9. The molecule has 0 aliphatic carbocycles. The van der Waals surface area contributed by atoms with Crippen LogP contribution in [0, 0.1) is 5.82 Å². The Morgan fingerprint density at radius 3 is 2.70 bits per heavy atom. The predicted octanol–water partition coefficient (Wildman–Crippen LogP) is 4.45. The molecule has 2 aromatic carbocycles. The SMILES string of the molecule is NC(=S)c1ccc(COc2cc(Br)ccc2F)c(Cl)c1. The summed E-state index contributed by atoms with van der Waals surface area (Å²) >= 11 is 14.2. The Kier molecular flexibility index (Phi) is 4.96. The van der Waals surface area contributed by atoms with Crippen molar-refractivity contribution in [3.63, 3.8) is 0 Å². The number of halogens is 3. The zero-order valence-corrected chi connectivity index (χ0v) is 13.4. The summed E-state index contributed by atoms with van der Waals surface area (Å²) in [5.74, 6) is -0.266. The summed E-state index contributed by atoms with van der Waals surface area (Å²) in [5, 5.41) is 0.478. The third kappa shape index (κ3) is 3.69. The van der Waals surface area contributed by atoms with Crippen molar-refractivity contribution in [1.82, 2.24) is 0 Å². The first-order valence-electron chi connectivity index (χ1n) is 5.63. The van der Waals surface area contributed by atoms with E-state index in [0.717, 1.165) is 10.0 Å². The first-order chi connectivity index (χ1) is 9.47. The lowest BCUT2D eigenvalue weighted by atomic mass is 10.1. The van der Waals surface area contributed by atoms with Crippen molar-refractivity contribution in [1.29, 1.82) is 0 Å². The van der Waals surface area contributed by atoms with E-state index in [1.807, 2.05) is 0 Å². The molecule has 0 spiro atoms. The van der Waals surface area contributed by atoms with Gasteiger partial charge in [-0.3, -0.25) is 0 Å². The quantitative estimate of drug-likeness (QED) is 0.803. The topological polar surface area (TPSA) is 35.2 Å². The summed E-state index contributed by atoms with van der Waals surface area (Å²) in [6, 6.07) is 9.67. The first-order valence-corrected chi connectivity index (χ1v) is 7.21. The molecule has 2 N–H and O–H groups in total. The van der Waals surface area contributed by atoms with Crippen molar-refractivity contribution in [3.05, 3.63) is 62.8 Å². The average Bonchev–Trinajstić information content (AvgIpc) is 2.40. The second-order valence-electron chi connectivity index (χ2n) is 4.03. The highest BCUT2D eigenvalue weighted by Crippen LogP contribution is 2.25. The van der Waals surface area contributed by atoms with E-state index >= 15 is 0 Å². The van der Waals surface area contributed by atoms with Gasteiger partial charge in [-0.05, 0) is 24.3 Å². The average molecular weight is 375 g/mol. The predicted molar refractivity (Wildman–Crippen MR) is 85.8 cm³/mol. The van der Waals surface area contributed by atoms with Gasteiger partial charge in [0.25, 0.3) is 0 Å². The van der Waals surface area contributed by atoms with E-state index in [2.05, 4.69) is 15.9 Å². The summed E-state index contributed by atoms with van der Waals surface area (Å²) in [5.41, 5.74) is 6.93. The lowest BCUT2D eigenvalue weighted by molar-refractivity contribution is 0.290. The van der Waals surface area contributed by atoms with Crippen molar-refractivity contribution in [2.75, 3.05) is 0 Å². The van der Waals surface area contributed by atoms with Crippen LogP contribution < -0.4 is 10.5 Å². The van der Waals surface area contributed by atoms with Gasteiger partial charge in [-0.1, -0.05) is 51.9 Å². The molecule has 0 heterocycles. The van der Waals surface area contributed by atoms with Crippen LogP contribution in [0.5, 0.6) is 5.75 Å². The van der Waals surface area contributed by atoms with Gasteiger partial charge >= 0.3 is 0 Å². The minimum absolute atomic E-state index is 0.157. The number of rotatable bonds is 4. The summed E-state index contributed by atoms with van der Waals surface area (Å²) in [4.78, 5) is 0.275. The van der Waals surface area contributed by atoms with Crippen LogP contribution in [0.3, 0.4) is 0 Å². The number of hydrogen-bond acceptors (Lipinski definition) is 2. The van der Waals surface area contributed by atoms with Crippen LogP contribution in [-0.2, 0) is 6.61 Å². The smallest absolute Gasteiger partial charge is 0.165 e. The molecule has 0 radical (unpaired) electrons. The van der Waals surface area contributed by atoms with Crippen molar-refractivity contribution in [2.45, 2.75) is 6.61 Å². The van der Waals surface area contributed by atoms with Crippen molar-refractivity contribution < 1.29 is 9.13 Å². The van der Waals surface area contributed by atoms with E-state index in [9.17, 15) is 4.39 Å². The molecule has 20 heavy (non-hydrogen) atoms. The van der Waals surface area contributed by atoms with Crippen molar-refractivity contribution in [3.8, 4) is 5.75 Å². The number of benzene rings is 2. The molecule has 2 rings (SSSR count). The molecule has 0 amide bonds. The molecule has 0 unspecified atom stereocenters. The van der Waals surface area contributed by atoms with Gasteiger partial charge in [0.05, 0.1) is 0 Å². The maximum Gasteiger partial charge on any atom is 0.165 e. The summed E-state index contributed by atoms with van der Waals surface area (Å²) in [6.45, 7) is 0.157. The molecule has 0 aliphatic heterocycles. The lowest BCUT2D eigenvalue weighted by Gasteiger charge is -2.10. The molecule has 0 atom stereocenters. The van der Waals surface area contributed by atoms with Crippen LogP contribution >= 0.6 is 39.7 Å². The molecular weight excluding hydrogens is 365 g/mol. The molecule has 6 heteroatoms. The number of nitrogens with two attached hydrogens (primary N) is 1. The largest absolute Gasteiger partial charge is 0.486 e. The van der Waals surface area contributed by atoms with Gasteiger partial charge in [-0.15, -0.1) is 0 Å². The Hall–Kier alpha value is -1.17. The van der Waals surface area contributed by atoms with Gasteiger partial charge in [-0.25, -0.2) is 4.39 Å². The molecule has 0 bridgehead atoms. The van der Waals surface area contributed by atoms with Gasteiger partial charge in [0, 0.05) is 20.6 Å². The zero-order valence-electron chi connectivity index (χ0n) is 10.2. The van der Waals surface area contributed by atoms with Crippen LogP contribution in [0.2, 0.25) is 5.02 Å². The van der Waals surface area contributed by atoms with E-state index in [1.165, 1.54) is 6.07 Å². The number of hydrogen-bond donors (Lipinski definition) is 1. The summed E-state index contributed by atoms with van der Waals surface area (Å²) in [6.07, 6.45) is 0. The van der Waals surface area contributed by atoms with Crippen molar-refractivity contribution >= 4 is 44.7 Å². The zero-order chi connectivity index (χ0) is 14.7. The maximum absolute atomic E-state index is 13.5. The summed E-state index contributed by atoms with van der Waals surface area (Å²) < 4.78 is 19.7. The molecule has 2 nitrogen and oxygen atoms in total. The highest BCUT2D eigenvalue weighted by Gasteiger charge is 2.08. The molecule has 0 saturated heterocycles. The van der Waals surface area contributed by atoms with Crippen molar-refractivity contribution in [2.24, 2.45) is 5.73 Å². The third-order valence-corrected chi connectivity index (χ3v) is 3.69. The fourth-order valence-corrected chi connectivity index (χ4v) is 2.26. The Morgan fingerprint density at radius 1 is 1.30 bits per heavy atom. The fourth-order valence-electron chi connectivity index (χ4n) is 1.56. The van der Waals surface area contributed by atoms with Crippen LogP contribution in [0.1, 0.15) is 11.1 Å². The highest BCUT2D eigenvalue weighted by molar-refractivity contribution is 9.10. The van der Waals surface area contributed by atoms with Gasteiger partial charge in [-0.2, -0.15) is 0 Å². The summed E-state index contributed by atoms with van der Waals surface area (Å²) in [7, 11) is 0. The Balaban J connectivity index is 2.15. The number of thiocarbonyl (C=S) groups is 1. The third-order valence-electron chi connectivity index (χ3n) is 2.61. The fraction of sp³-hybridized carbons (Fsp3) is 0.0714. The molecule has 104 valence electrons.